The largest absolute Gasteiger partial charge is 0.492 e. The van der Waals surface area contributed by atoms with Crippen LogP contribution in [0, 0.1) is 6.92 Å². The van der Waals surface area contributed by atoms with Gasteiger partial charge in [-0.25, -0.2) is 0 Å². The molecule has 0 aliphatic rings. The highest BCUT2D eigenvalue weighted by Crippen LogP contribution is 2.36. The summed E-state index contributed by atoms with van der Waals surface area (Å²) >= 11 is 7.52. The molecule has 1 aromatic carbocycles. The monoisotopic (exact) mass is 282 g/mol. The maximum absolute atomic E-state index is 9.74. The second-order valence-electron chi connectivity index (χ2n) is 4.40. The second kappa shape index (κ2) is 5.16. The quantitative estimate of drug-likeness (QED) is 0.859. The molecule has 2 rings (SSSR count). The lowest BCUT2D eigenvalue weighted by Gasteiger charge is -2.07. The minimum absolute atomic E-state index is 0.109. The molecule has 3 nitrogen and oxygen atoms in total. The molecule has 0 saturated heterocycles. The molecule has 1 heterocycles. The van der Waals surface area contributed by atoms with Crippen LogP contribution in [0.5, 0.6) is 5.88 Å². The van der Waals surface area contributed by atoms with Gasteiger partial charge in [-0.15, -0.1) is 0 Å². The van der Waals surface area contributed by atoms with Gasteiger partial charge in [0.1, 0.15) is 0 Å². The van der Waals surface area contributed by atoms with Crippen molar-refractivity contribution in [1.29, 1.82) is 0 Å². The molecule has 0 fully saturated rings. The van der Waals surface area contributed by atoms with Crippen molar-refractivity contribution >= 4 is 33.8 Å². The van der Waals surface area contributed by atoms with Gasteiger partial charge in [0.2, 0.25) is 5.88 Å². The van der Waals surface area contributed by atoms with Crippen LogP contribution < -0.4 is 5.32 Å². The molecule has 0 spiro atoms. The molecule has 0 amide bonds. The molecule has 1 aromatic heterocycles. The summed E-state index contributed by atoms with van der Waals surface area (Å²) < 4.78 is 0. The van der Waals surface area contributed by atoms with Gasteiger partial charge in [-0.1, -0.05) is 42.9 Å². The van der Waals surface area contributed by atoms with Crippen LogP contribution in [0.15, 0.2) is 18.2 Å². The highest BCUT2D eigenvalue weighted by atomic mass is 35.5. The maximum atomic E-state index is 9.74. The van der Waals surface area contributed by atoms with Gasteiger partial charge in [0.15, 0.2) is 5.13 Å². The molecule has 0 unspecified atom stereocenters. The SMILES string of the molecule is Cc1c(Cl)cccc1Nc1nc(O)c(C(C)C)s1. The Kier molecular flexibility index (Phi) is 3.78. The standard InChI is InChI=1S/C13H15ClN2OS/c1-7(2)11-12(17)16-13(18-11)15-10-6-4-5-9(14)8(10)3/h4-7,17H,1-3H3,(H,15,16). The summed E-state index contributed by atoms with van der Waals surface area (Å²) in [6.45, 7) is 6.00. The molecule has 0 atom stereocenters. The third kappa shape index (κ3) is 2.60. The van der Waals surface area contributed by atoms with Crippen LogP contribution in [0.3, 0.4) is 0 Å². The molecule has 5 heteroatoms. The maximum Gasteiger partial charge on any atom is 0.227 e. The average molecular weight is 283 g/mol. The first kappa shape index (κ1) is 13.2. The van der Waals surface area contributed by atoms with Gasteiger partial charge >= 0.3 is 0 Å². The van der Waals surface area contributed by atoms with Crippen LogP contribution in [0.25, 0.3) is 0 Å². The van der Waals surface area contributed by atoms with Crippen molar-refractivity contribution in [1.82, 2.24) is 4.98 Å². The average Bonchev–Trinajstić information content (AvgIpc) is 2.66. The molecular weight excluding hydrogens is 268 g/mol. The number of aromatic nitrogens is 1. The van der Waals surface area contributed by atoms with E-state index in [1.54, 1.807) is 0 Å². The third-order valence-corrected chi connectivity index (χ3v) is 4.34. The van der Waals surface area contributed by atoms with Gasteiger partial charge in [-0.3, -0.25) is 0 Å². The lowest BCUT2D eigenvalue weighted by atomic mass is 10.2. The fourth-order valence-corrected chi connectivity index (χ4v) is 2.66. The zero-order valence-electron chi connectivity index (χ0n) is 10.5. The van der Waals surface area contributed by atoms with Gasteiger partial charge in [0.25, 0.3) is 0 Å². The molecule has 96 valence electrons. The van der Waals surface area contributed by atoms with Crippen LogP contribution in [0.4, 0.5) is 10.8 Å². The molecule has 0 saturated carbocycles. The Bertz CT molecular complexity index is 566. The van der Waals surface area contributed by atoms with Gasteiger partial charge in [0, 0.05) is 10.7 Å². The van der Waals surface area contributed by atoms with Crippen molar-refractivity contribution in [3.8, 4) is 5.88 Å². The second-order valence-corrected chi connectivity index (χ2v) is 5.84. The van der Waals surface area contributed by atoms with E-state index in [-0.39, 0.29) is 11.8 Å². The smallest absolute Gasteiger partial charge is 0.227 e. The van der Waals surface area contributed by atoms with Crippen molar-refractivity contribution in [2.24, 2.45) is 0 Å². The van der Waals surface area contributed by atoms with Crippen molar-refractivity contribution in [3.05, 3.63) is 33.7 Å². The van der Waals surface area contributed by atoms with Gasteiger partial charge < -0.3 is 10.4 Å². The first-order chi connectivity index (χ1) is 8.49. The van der Waals surface area contributed by atoms with E-state index in [0.29, 0.717) is 10.2 Å². The van der Waals surface area contributed by atoms with Crippen LogP contribution in [-0.4, -0.2) is 10.1 Å². The molecule has 18 heavy (non-hydrogen) atoms. The van der Waals surface area contributed by atoms with Crippen LogP contribution in [-0.2, 0) is 0 Å². The number of thiazole rings is 1. The number of rotatable bonds is 3. The Morgan fingerprint density at radius 3 is 2.72 bits per heavy atom. The van der Waals surface area contributed by atoms with E-state index in [2.05, 4.69) is 10.3 Å². The van der Waals surface area contributed by atoms with Gasteiger partial charge in [-0.05, 0) is 30.5 Å². The molecule has 0 aliphatic carbocycles. The van der Waals surface area contributed by atoms with Crippen molar-refractivity contribution < 1.29 is 5.11 Å². The van der Waals surface area contributed by atoms with E-state index < -0.39 is 0 Å². The molecule has 2 aromatic rings. The van der Waals surface area contributed by atoms with E-state index in [9.17, 15) is 5.11 Å². The van der Waals surface area contributed by atoms with Gasteiger partial charge in [-0.2, -0.15) is 4.98 Å². The first-order valence-corrected chi connectivity index (χ1v) is 6.90. The van der Waals surface area contributed by atoms with E-state index in [0.717, 1.165) is 16.1 Å². The van der Waals surface area contributed by atoms with Crippen LogP contribution in [0.2, 0.25) is 5.02 Å². The molecule has 0 aliphatic heterocycles. The van der Waals surface area contributed by atoms with Crippen LogP contribution >= 0.6 is 22.9 Å². The van der Waals surface area contributed by atoms with Crippen LogP contribution in [0.1, 0.15) is 30.2 Å². The summed E-state index contributed by atoms with van der Waals surface area (Å²) in [5.74, 6) is 0.371. The number of aromatic hydroxyl groups is 1. The number of hydrogen-bond donors (Lipinski definition) is 2. The topological polar surface area (TPSA) is 45.2 Å². The zero-order chi connectivity index (χ0) is 13.3. The summed E-state index contributed by atoms with van der Waals surface area (Å²) in [5, 5.41) is 14.3. The number of nitrogens with one attached hydrogen (secondary N) is 1. The fourth-order valence-electron chi connectivity index (χ4n) is 1.61. The molecule has 2 N–H and O–H groups in total. The van der Waals surface area contributed by atoms with E-state index in [4.69, 9.17) is 11.6 Å². The normalized spacial score (nSPS) is 10.9. The number of hydrogen-bond acceptors (Lipinski definition) is 4. The van der Waals surface area contributed by atoms with E-state index in [1.165, 1.54) is 11.3 Å². The summed E-state index contributed by atoms with van der Waals surface area (Å²) in [5.41, 5.74) is 1.88. The summed E-state index contributed by atoms with van der Waals surface area (Å²) in [4.78, 5) is 5.00. The third-order valence-electron chi connectivity index (χ3n) is 2.67. The Morgan fingerprint density at radius 2 is 2.11 bits per heavy atom. The summed E-state index contributed by atoms with van der Waals surface area (Å²) in [6, 6.07) is 5.67. The summed E-state index contributed by atoms with van der Waals surface area (Å²) in [7, 11) is 0. The minimum atomic E-state index is 0.109. The van der Waals surface area contributed by atoms with Crippen molar-refractivity contribution in [2.75, 3.05) is 5.32 Å². The first-order valence-electron chi connectivity index (χ1n) is 5.71. The molecular formula is C13H15ClN2OS. The zero-order valence-corrected chi connectivity index (χ0v) is 12.1. The minimum Gasteiger partial charge on any atom is -0.492 e. The molecule has 0 radical (unpaired) electrons. The molecule has 0 bridgehead atoms. The summed E-state index contributed by atoms with van der Waals surface area (Å²) in [6.07, 6.45) is 0. The fraction of sp³-hybridized carbons (Fsp3) is 0.308. The Morgan fingerprint density at radius 1 is 1.39 bits per heavy atom. The Hall–Kier alpha value is -1.26. The number of nitrogens with zero attached hydrogens (tertiary/aromatic N) is 1. The lowest BCUT2D eigenvalue weighted by molar-refractivity contribution is 0.449. The van der Waals surface area contributed by atoms with E-state index >= 15 is 0 Å². The van der Waals surface area contributed by atoms with E-state index in [1.807, 2.05) is 39.0 Å². The van der Waals surface area contributed by atoms with Crippen molar-refractivity contribution in [3.63, 3.8) is 0 Å². The predicted octanol–water partition coefficient (Wildman–Crippen LogP) is 4.68. The lowest BCUT2D eigenvalue weighted by Crippen LogP contribution is -1.92. The van der Waals surface area contributed by atoms with Gasteiger partial charge in [0.05, 0.1) is 4.88 Å². The van der Waals surface area contributed by atoms with Crippen molar-refractivity contribution in [2.45, 2.75) is 26.7 Å². The Balaban J connectivity index is 2.29. The number of halogens is 1. The highest BCUT2D eigenvalue weighted by molar-refractivity contribution is 7.16. The predicted molar refractivity (Wildman–Crippen MR) is 77.3 cm³/mol. The number of anilines is 2. The number of benzene rings is 1. The Labute approximate surface area is 115 Å². The highest BCUT2D eigenvalue weighted by Gasteiger charge is 2.14.